The molecule has 12 heteroatoms. The van der Waals surface area contributed by atoms with Gasteiger partial charge in [-0.05, 0) is 36.4 Å². The fourth-order valence-corrected chi connectivity index (χ4v) is 3.34. The van der Waals surface area contributed by atoms with Crippen LogP contribution in [0.5, 0.6) is 0 Å². The van der Waals surface area contributed by atoms with E-state index in [1.54, 1.807) is 14.1 Å². The highest BCUT2D eigenvalue weighted by atomic mass is 32.2. The van der Waals surface area contributed by atoms with Gasteiger partial charge in [-0.15, -0.1) is 0 Å². The smallest absolute Gasteiger partial charge is 0.321 e. The second kappa shape index (κ2) is 9.41. The van der Waals surface area contributed by atoms with Gasteiger partial charge >= 0.3 is 5.97 Å². The van der Waals surface area contributed by atoms with Crippen LogP contribution in [0, 0.1) is 15.9 Å². The standard InChI is InChI=1S/C18H18FN3O7S/c1-21(2)15-8-7-14(9-16(15)22(25)26)30(27,28)20-10-18(24)29-11-17(23)12-3-5-13(19)6-4-12/h3-9,20H,10-11H2,1-2H3. The fraction of sp³-hybridized carbons (Fsp3) is 0.222. The zero-order valence-electron chi connectivity index (χ0n) is 16.0. The monoisotopic (exact) mass is 439 g/mol. The zero-order chi connectivity index (χ0) is 22.5. The predicted octanol–water partition coefficient (Wildman–Crippen LogP) is 1.50. The van der Waals surface area contributed by atoms with Crippen molar-refractivity contribution in [2.75, 3.05) is 32.1 Å². The van der Waals surface area contributed by atoms with Crippen molar-refractivity contribution in [3.05, 3.63) is 64.0 Å². The summed E-state index contributed by atoms with van der Waals surface area (Å²) in [7, 11) is -1.11. The van der Waals surface area contributed by atoms with Crippen molar-refractivity contribution in [3.63, 3.8) is 0 Å². The minimum Gasteiger partial charge on any atom is -0.456 e. The molecule has 2 rings (SSSR count). The number of nitro groups is 1. The van der Waals surface area contributed by atoms with Crippen LogP contribution in [0.4, 0.5) is 15.8 Å². The Hall–Kier alpha value is -3.38. The van der Waals surface area contributed by atoms with E-state index in [-0.39, 0.29) is 11.3 Å². The molecule has 0 saturated heterocycles. The normalized spacial score (nSPS) is 11.0. The Bertz CT molecular complexity index is 1070. The first-order valence-corrected chi connectivity index (χ1v) is 9.89. The van der Waals surface area contributed by atoms with E-state index in [4.69, 9.17) is 4.74 Å². The summed E-state index contributed by atoms with van der Waals surface area (Å²) in [6.45, 7) is -1.45. The number of hydrogen-bond acceptors (Lipinski definition) is 8. The van der Waals surface area contributed by atoms with E-state index in [0.717, 1.165) is 24.3 Å². The predicted molar refractivity (Wildman–Crippen MR) is 104 cm³/mol. The molecule has 1 N–H and O–H groups in total. The maximum Gasteiger partial charge on any atom is 0.321 e. The van der Waals surface area contributed by atoms with Crippen LogP contribution in [-0.4, -0.2) is 52.3 Å². The summed E-state index contributed by atoms with van der Waals surface area (Å²) < 4.78 is 44.2. The van der Waals surface area contributed by atoms with Gasteiger partial charge in [-0.3, -0.25) is 19.7 Å². The van der Waals surface area contributed by atoms with Crippen LogP contribution < -0.4 is 9.62 Å². The van der Waals surface area contributed by atoms with Gasteiger partial charge in [0.05, 0.1) is 9.82 Å². The van der Waals surface area contributed by atoms with Crippen molar-refractivity contribution >= 4 is 33.2 Å². The van der Waals surface area contributed by atoms with Gasteiger partial charge in [0.2, 0.25) is 10.0 Å². The second-order valence-electron chi connectivity index (χ2n) is 6.22. The zero-order valence-corrected chi connectivity index (χ0v) is 16.8. The molecule has 0 aliphatic heterocycles. The van der Waals surface area contributed by atoms with Gasteiger partial charge in [-0.1, -0.05) is 0 Å². The molecular formula is C18H18FN3O7S. The average Bonchev–Trinajstić information content (AvgIpc) is 2.70. The number of carbonyl (C=O) groups excluding carboxylic acids is 2. The van der Waals surface area contributed by atoms with Crippen LogP contribution in [0.3, 0.4) is 0 Å². The average molecular weight is 439 g/mol. The molecule has 2 aromatic rings. The summed E-state index contributed by atoms with van der Waals surface area (Å²) in [5.74, 6) is -2.16. The van der Waals surface area contributed by atoms with Gasteiger partial charge in [0.15, 0.2) is 12.4 Å². The highest BCUT2D eigenvalue weighted by Crippen LogP contribution is 2.29. The van der Waals surface area contributed by atoms with Crippen LogP contribution in [0.2, 0.25) is 0 Å². The van der Waals surface area contributed by atoms with Crippen molar-refractivity contribution in [2.45, 2.75) is 4.90 Å². The van der Waals surface area contributed by atoms with Gasteiger partial charge in [0.1, 0.15) is 18.0 Å². The Morgan fingerprint density at radius 3 is 2.37 bits per heavy atom. The summed E-state index contributed by atoms with van der Waals surface area (Å²) >= 11 is 0. The third kappa shape index (κ3) is 5.81. The number of Topliss-reactive ketones (excluding diaryl/α,β-unsaturated/α-hetero) is 1. The Morgan fingerprint density at radius 1 is 1.17 bits per heavy atom. The number of anilines is 1. The molecule has 0 amide bonds. The third-order valence-electron chi connectivity index (χ3n) is 3.87. The number of ketones is 1. The first-order chi connectivity index (χ1) is 14.0. The molecule has 0 radical (unpaired) electrons. The molecule has 2 aromatic carbocycles. The van der Waals surface area contributed by atoms with Crippen LogP contribution in [-0.2, 0) is 19.6 Å². The van der Waals surface area contributed by atoms with E-state index in [1.165, 1.54) is 23.1 Å². The Morgan fingerprint density at radius 2 is 1.80 bits per heavy atom. The molecule has 10 nitrogen and oxygen atoms in total. The highest BCUT2D eigenvalue weighted by molar-refractivity contribution is 7.89. The van der Waals surface area contributed by atoms with Gasteiger partial charge in [-0.25, -0.2) is 12.8 Å². The van der Waals surface area contributed by atoms with E-state index < -0.39 is 56.3 Å². The lowest BCUT2D eigenvalue weighted by atomic mass is 10.1. The SMILES string of the molecule is CN(C)c1ccc(S(=O)(=O)NCC(=O)OCC(=O)c2ccc(F)cc2)cc1[N+](=O)[O-]. The first kappa shape index (κ1) is 22.9. The minimum absolute atomic E-state index is 0.123. The molecule has 160 valence electrons. The van der Waals surface area contributed by atoms with E-state index >= 15 is 0 Å². The third-order valence-corrected chi connectivity index (χ3v) is 5.27. The van der Waals surface area contributed by atoms with Crippen molar-refractivity contribution in [3.8, 4) is 0 Å². The van der Waals surface area contributed by atoms with E-state index in [9.17, 15) is 32.5 Å². The Kier molecular flexibility index (Phi) is 7.19. The second-order valence-corrected chi connectivity index (χ2v) is 7.98. The molecule has 0 fully saturated rings. The molecule has 0 aliphatic carbocycles. The number of benzene rings is 2. The number of rotatable bonds is 9. The molecule has 0 bridgehead atoms. The maximum absolute atomic E-state index is 12.8. The number of halogens is 1. The van der Waals surface area contributed by atoms with Gasteiger partial charge in [0, 0.05) is 25.7 Å². The summed E-state index contributed by atoms with van der Waals surface area (Å²) in [6, 6.07) is 7.90. The molecule has 0 unspecified atom stereocenters. The van der Waals surface area contributed by atoms with E-state index in [1.807, 2.05) is 4.72 Å². The number of ether oxygens (including phenoxy) is 1. The number of esters is 1. The molecule has 30 heavy (non-hydrogen) atoms. The van der Waals surface area contributed by atoms with Gasteiger partial charge in [-0.2, -0.15) is 4.72 Å². The van der Waals surface area contributed by atoms with Crippen LogP contribution >= 0.6 is 0 Å². The number of nitro benzene ring substituents is 1. The number of nitrogens with zero attached hydrogens (tertiary/aromatic N) is 2. The van der Waals surface area contributed by atoms with E-state index in [2.05, 4.69) is 0 Å². The summed E-state index contributed by atoms with van der Waals surface area (Å²) in [4.78, 5) is 35.1. The molecule has 0 saturated carbocycles. The Balaban J connectivity index is 1.99. The van der Waals surface area contributed by atoms with Gasteiger partial charge in [0.25, 0.3) is 5.69 Å². The molecule has 0 aliphatic rings. The molecule has 0 atom stereocenters. The van der Waals surface area contributed by atoms with Crippen LogP contribution in [0.1, 0.15) is 10.4 Å². The number of carbonyl (C=O) groups is 2. The van der Waals surface area contributed by atoms with Crippen LogP contribution in [0.25, 0.3) is 0 Å². The lowest BCUT2D eigenvalue weighted by Crippen LogP contribution is -2.31. The lowest BCUT2D eigenvalue weighted by molar-refractivity contribution is -0.384. The molecule has 0 heterocycles. The topological polar surface area (TPSA) is 136 Å². The quantitative estimate of drug-likeness (QED) is 0.269. The minimum atomic E-state index is -4.25. The lowest BCUT2D eigenvalue weighted by Gasteiger charge is -2.13. The fourth-order valence-electron chi connectivity index (χ4n) is 2.35. The molecule has 0 aromatic heterocycles. The maximum atomic E-state index is 12.8. The summed E-state index contributed by atoms with van der Waals surface area (Å²) in [6.07, 6.45) is 0. The van der Waals surface area contributed by atoms with Crippen molar-refractivity contribution in [1.82, 2.24) is 4.72 Å². The van der Waals surface area contributed by atoms with Crippen LogP contribution in [0.15, 0.2) is 47.4 Å². The van der Waals surface area contributed by atoms with Crippen molar-refractivity contribution < 1.29 is 32.1 Å². The molecular weight excluding hydrogens is 421 g/mol. The van der Waals surface area contributed by atoms with Crippen molar-refractivity contribution in [2.24, 2.45) is 0 Å². The first-order valence-electron chi connectivity index (χ1n) is 8.41. The Labute approximate surface area is 171 Å². The van der Waals surface area contributed by atoms with Gasteiger partial charge < -0.3 is 9.64 Å². The molecule has 0 spiro atoms. The largest absolute Gasteiger partial charge is 0.456 e. The number of nitrogens with one attached hydrogen (secondary N) is 1. The number of hydrogen-bond donors (Lipinski definition) is 1. The number of sulfonamides is 1. The highest BCUT2D eigenvalue weighted by Gasteiger charge is 2.23. The summed E-state index contributed by atoms with van der Waals surface area (Å²) in [5.41, 5.74) is -0.0916. The van der Waals surface area contributed by atoms with Crippen molar-refractivity contribution in [1.29, 1.82) is 0 Å². The van der Waals surface area contributed by atoms with E-state index in [0.29, 0.717) is 0 Å². The summed E-state index contributed by atoms with van der Waals surface area (Å²) in [5, 5.41) is 11.2.